The molecule has 3 rings (SSSR count). The number of nitrogens with zero attached hydrogens (tertiary/aromatic N) is 3. The summed E-state index contributed by atoms with van der Waals surface area (Å²) in [6, 6.07) is 7.63. The third-order valence-electron chi connectivity index (χ3n) is 2.59. The minimum absolute atomic E-state index is 0.218. The molecule has 0 aliphatic carbocycles. The highest BCUT2D eigenvalue weighted by Crippen LogP contribution is 2.16. The van der Waals surface area contributed by atoms with Gasteiger partial charge in [0, 0.05) is 5.52 Å². The van der Waals surface area contributed by atoms with E-state index in [1.807, 2.05) is 25.1 Å². The highest BCUT2D eigenvalue weighted by molar-refractivity contribution is 5.82. The van der Waals surface area contributed by atoms with Crippen molar-refractivity contribution in [2.24, 2.45) is 0 Å². The minimum atomic E-state index is -0.218. The minimum Gasteiger partial charge on any atom is -0.321 e. The molecule has 0 aliphatic heterocycles. The van der Waals surface area contributed by atoms with Crippen molar-refractivity contribution < 1.29 is 0 Å². The first-order valence-electron chi connectivity index (χ1n) is 5.11. The summed E-state index contributed by atoms with van der Waals surface area (Å²) in [5, 5.41) is 14.3. The van der Waals surface area contributed by atoms with Crippen LogP contribution < -0.4 is 5.56 Å². The first-order valence-corrected chi connectivity index (χ1v) is 5.11. The normalized spacial score (nSPS) is 10.9. The molecule has 0 radical (unpaired) electrons. The number of nitrogens with one attached hydrogen (secondary N) is 2. The third-order valence-corrected chi connectivity index (χ3v) is 2.59. The monoisotopic (exact) mass is 227 g/mol. The fourth-order valence-electron chi connectivity index (χ4n) is 1.76. The predicted molar refractivity (Wildman–Crippen MR) is 62.5 cm³/mol. The molecule has 3 aromatic rings. The van der Waals surface area contributed by atoms with Crippen molar-refractivity contribution in [2.75, 3.05) is 0 Å². The molecule has 1 aromatic carbocycles. The van der Waals surface area contributed by atoms with Crippen LogP contribution >= 0.6 is 0 Å². The van der Waals surface area contributed by atoms with Crippen LogP contribution in [-0.4, -0.2) is 25.6 Å². The van der Waals surface area contributed by atoms with Crippen molar-refractivity contribution in [3.63, 3.8) is 0 Å². The zero-order valence-electron chi connectivity index (χ0n) is 9.06. The highest BCUT2D eigenvalue weighted by Gasteiger charge is 2.09. The Hall–Kier alpha value is -2.50. The number of aryl methyl sites for hydroxylation is 1. The number of H-pyrrole nitrogens is 2. The number of tetrazole rings is 1. The lowest BCUT2D eigenvalue weighted by molar-refractivity contribution is 0.881. The van der Waals surface area contributed by atoms with Crippen LogP contribution in [0.2, 0.25) is 0 Å². The maximum Gasteiger partial charge on any atom is 0.259 e. The quantitative estimate of drug-likeness (QED) is 0.649. The Morgan fingerprint density at radius 2 is 2.12 bits per heavy atom. The van der Waals surface area contributed by atoms with E-state index in [0.29, 0.717) is 11.4 Å². The summed E-state index contributed by atoms with van der Waals surface area (Å²) >= 11 is 0. The molecule has 0 fully saturated rings. The van der Waals surface area contributed by atoms with Gasteiger partial charge >= 0.3 is 0 Å². The van der Waals surface area contributed by atoms with Gasteiger partial charge in [0.25, 0.3) is 5.56 Å². The second kappa shape index (κ2) is 3.51. The zero-order valence-corrected chi connectivity index (χ0v) is 9.06. The van der Waals surface area contributed by atoms with E-state index >= 15 is 0 Å². The number of fused-ring (bicyclic) bond motifs is 1. The summed E-state index contributed by atoms with van der Waals surface area (Å²) in [5.41, 5.74) is 2.10. The predicted octanol–water partition coefficient (Wildman–Crippen LogP) is 1.02. The molecule has 2 N–H and O–H groups in total. The summed E-state index contributed by atoms with van der Waals surface area (Å²) in [6.45, 7) is 1.98. The molecule has 0 bridgehead atoms. The van der Waals surface area contributed by atoms with E-state index in [9.17, 15) is 4.79 Å². The first-order chi connectivity index (χ1) is 8.24. The molecule has 0 spiro atoms. The van der Waals surface area contributed by atoms with E-state index in [-0.39, 0.29) is 5.56 Å². The van der Waals surface area contributed by atoms with Gasteiger partial charge in [-0.3, -0.25) is 4.79 Å². The molecule has 0 saturated carbocycles. The van der Waals surface area contributed by atoms with Crippen LogP contribution in [-0.2, 0) is 0 Å². The van der Waals surface area contributed by atoms with E-state index < -0.39 is 0 Å². The summed E-state index contributed by atoms with van der Waals surface area (Å²) in [4.78, 5) is 14.7. The van der Waals surface area contributed by atoms with Gasteiger partial charge in [-0.1, -0.05) is 12.1 Å². The van der Waals surface area contributed by atoms with E-state index in [0.717, 1.165) is 16.5 Å². The molecule has 84 valence electrons. The largest absolute Gasteiger partial charge is 0.321 e. The Balaban J connectivity index is 2.32. The average Bonchev–Trinajstić information content (AvgIpc) is 2.81. The van der Waals surface area contributed by atoms with Gasteiger partial charge in [0.2, 0.25) is 5.82 Å². The molecule has 0 atom stereocenters. The second-order valence-electron chi connectivity index (χ2n) is 3.84. The average molecular weight is 227 g/mol. The molecule has 2 aromatic heterocycles. The molecule has 2 heterocycles. The molecule has 0 aliphatic rings. The fourth-order valence-corrected chi connectivity index (χ4v) is 1.76. The fraction of sp³-hybridized carbons (Fsp3) is 0.0909. The molecular weight excluding hydrogens is 218 g/mol. The second-order valence-corrected chi connectivity index (χ2v) is 3.84. The van der Waals surface area contributed by atoms with Gasteiger partial charge in [-0.2, -0.15) is 5.21 Å². The summed E-state index contributed by atoms with van der Waals surface area (Å²) in [5.74, 6) is 0.300. The van der Waals surface area contributed by atoms with Crippen molar-refractivity contribution in [2.45, 2.75) is 6.92 Å². The van der Waals surface area contributed by atoms with Crippen molar-refractivity contribution in [3.8, 4) is 11.4 Å². The molecular formula is C11H9N5O. The number of pyridine rings is 1. The van der Waals surface area contributed by atoms with E-state index in [4.69, 9.17) is 0 Å². The number of hydrogen-bond acceptors (Lipinski definition) is 4. The zero-order chi connectivity index (χ0) is 11.8. The lowest BCUT2D eigenvalue weighted by atomic mass is 10.1. The maximum atomic E-state index is 11.9. The van der Waals surface area contributed by atoms with Crippen LogP contribution in [0.25, 0.3) is 22.3 Å². The number of aromatic amines is 2. The highest BCUT2D eigenvalue weighted by atomic mass is 16.1. The van der Waals surface area contributed by atoms with Gasteiger partial charge in [0.1, 0.15) is 0 Å². The van der Waals surface area contributed by atoms with Crippen molar-refractivity contribution >= 4 is 10.9 Å². The summed E-state index contributed by atoms with van der Waals surface area (Å²) in [6.07, 6.45) is 0. The first kappa shape index (κ1) is 9.71. The lowest BCUT2D eigenvalue weighted by Crippen LogP contribution is -2.09. The van der Waals surface area contributed by atoms with Gasteiger partial charge in [-0.15, -0.1) is 10.2 Å². The van der Waals surface area contributed by atoms with Gasteiger partial charge < -0.3 is 4.98 Å². The van der Waals surface area contributed by atoms with E-state index in [1.54, 1.807) is 6.07 Å². The van der Waals surface area contributed by atoms with Crippen LogP contribution in [0.4, 0.5) is 0 Å². The Labute approximate surface area is 95.7 Å². The van der Waals surface area contributed by atoms with Crippen molar-refractivity contribution in [1.29, 1.82) is 0 Å². The van der Waals surface area contributed by atoms with Gasteiger partial charge in [-0.05, 0) is 35.2 Å². The Kier molecular flexibility index (Phi) is 2.01. The van der Waals surface area contributed by atoms with Crippen LogP contribution in [0, 0.1) is 6.92 Å². The maximum absolute atomic E-state index is 11.9. The van der Waals surface area contributed by atoms with Gasteiger partial charge in [0.15, 0.2) is 0 Å². The summed E-state index contributed by atoms with van der Waals surface area (Å²) < 4.78 is 0. The van der Waals surface area contributed by atoms with E-state index in [1.165, 1.54) is 0 Å². The Bertz CT molecular complexity index is 729. The van der Waals surface area contributed by atoms with Gasteiger partial charge in [-0.25, -0.2) is 0 Å². The molecule has 6 nitrogen and oxygen atoms in total. The molecule has 0 amide bonds. The smallest absolute Gasteiger partial charge is 0.259 e. The number of rotatable bonds is 1. The van der Waals surface area contributed by atoms with Crippen LogP contribution in [0.1, 0.15) is 5.56 Å². The van der Waals surface area contributed by atoms with Crippen LogP contribution in [0.15, 0.2) is 29.1 Å². The number of aromatic nitrogens is 5. The number of benzene rings is 1. The molecule has 6 heteroatoms. The lowest BCUT2D eigenvalue weighted by Gasteiger charge is -2.01. The Morgan fingerprint density at radius 3 is 2.88 bits per heavy atom. The molecule has 0 saturated heterocycles. The number of hydrogen-bond donors (Lipinski definition) is 2. The molecule has 0 unspecified atom stereocenters. The SMILES string of the molecule is Cc1ccc2cc(-c3nn[nH]n3)c(=O)[nH]c2c1. The Morgan fingerprint density at radius 1 is 1.24 bits per heavy atom. The molecule has 17 heavy (non-hydrogen) atoms. The topological polar surface area (TPSA) is 87.3 Å². The van der Waals surface area contributed by atoms with Gasteiger partial charge in [0.05, 0.1) is 5.56 Å². The van der Waals surface area contributed by atoms with E-state index in [2.05, 4.69) is 25.6 Å². The van der Waals surface area contributed by atoms with Crippen molar-refractivity contribution in [3.05, 3.63) is 40.2 Å². The van der Waals surface area contributed by atoms with Crippen molar-refractivity contribution in [1.82, 2.24) is 25.6 Å². The standard InChI is InChI=1S/C11H9N5O/c1-6-2-3-7-5-8(10-13-15-16-14-10)11(17)12-9(7)4-6/h2-5H,1H3,(H,12,17)(H,13,14,15,16). The third kappa shape index (κ3) is 1.59. The summed E-state index contributed by atoms with van der Waals surface area (Å²) in [7, 11) is 0. The van der Waals surface area contributed by atoms with Crippen LogP contribution in [0.3, 0.4) is 0 Å². The van der Waals surface area contributed by atoms with Crippen LogP contribution in [0.5, 0.6) is 0 Å².